The van der Waals surface area contributed by atoms with Gasteiger partial charge in [0.2, 0.25) is 12.7 Å². The van der Waals surface area contributed by atoms with Gasteiger partial charge in [-0.25, -0.2) is 0 Å². The number of aryl methyl sites for hydroxylation is 1. The van der Waals surface area contributed by atoms with Crippen molar-refractivity contribution in [1.82, 2.24) is 14.7 Å². The number of carbonyl (C=O) groups is 1. The maximum Gasteiger partial charge on any atom is 0.298 e. The topological polar surface area (TPSA) is 82.6 Å². The molecule has 0 spiro atoms. The molecule has 4 aromatic rings. The molecule has 0 unspecified atom stereocenters. The van der Waals surface area contributed by atoms with Crippen LogP contribution >= 0.6 is 11.5 Å². The quantitative estimate of drug-likeness (QED) is 0.395. The number of hydrogen-bond donors (Lipinski definition) is 1. The summed E-state index contributed by atoms with van der Waals surface area (Å²) >= 11 is 1.23. The van der Waals surface area contributed by atoms with Gasteiger partial charge in [-0.05, 0) is 47.9 Å². The highest BCUT2D eigenvalue weighted by atomic mass is 32.1. The molecule has 7 nitrogen and oxygen atoms in total. The zero-order valence-electron chi connectivity index (χ0n) is 18.6. The van der Waals surface area contributed by atoms with Crippen LogP contribution in [-0.2, 0) is 24.2 Å². The first kappa shape index (κ1) is 21.9. The molecule has 0 fully saturated rings. The van der Waals surface area contributed by atoms with Crippen LogP contribution in [0.2, 0.25) is 0 Å². The first-order chi connectivity index (χ1) is 16.6. The van der Waals surface area contributed by atoms with Gasteiger partial charge < -0.3 is 19.5 Å². The first-order valence-corrected chi connectivity index (χ1v) is 11.7. The van der Waals surface area contributed by atoms with E-state index in [0.29, 0.717) is 29.7 Å². The van der Waals surface area contributed by atoms with Crippen molar-refractivity contribution in [1.29, 1.82) is 0 Å². The van der Waals surface area contributed by atoms with E-state index in [9.17, 15) is 4.79 Å². The summed E-state index contributed by atoms with van der Waals surface area (Å²) in [6, 6.07) is 21.4. The zero-order valence-corrected chi connectivity index (χ0v) is 19.4. The molecule has 0 saturated heterocycles. The van der Waals surface area contributed by atoms with Crippen molar-refractivity contribution in [2.24, 2.45) is 0 Å². The highest BCUT2D eigenvalue weighted by Gasteiger charge is 2.14. The molecule has 1 aromatic heterocycles. The number of amides is 1. The number of ether oxygens (including phenoxy) is 3. The molecule has 1 aliphatic heterocycles. The summed E-state index contributed by atoms with van der Waals surface area (Å²) < 4.78 is 20.9. The van der Waals surface area contributed by atoms with Crippen LogP contribution in [-0.4, -0.2) is 22.1 Å². The molecule has 0 saturated carbocycles. The van der Waals surface area contributed by atoms with Gasteiger partial charge in [0.25, 0.3) is 5.19 Å². The highest BCUT2D eigenvalue weighted by molar-refractivity contribution is 7.07. The van der Waals surface area contributed by atoms with Gasteiger partial charge in [-0.15, -0.1) is 0 Å². The Morgan fingerprint density at radius 2 is 1.71 bits per heavy atom. The van der Waals surface area contributed by atoms with Gasteiger partial charge in [-0.2, -0.15) is 9.36 Å². The van der Waals surface area contributed by atoms with E-state index in [4.69, 9.17) is 14.2 Å². The number of carbonyl (C=O) groups excluding carboxylic acids is 1. The van der Waals surface area contributed by atoms with Crippen LogP contribution in [0.1, 0.15) is 28.1 Å². The molecule has 0 bridgehead atoms. The van der Waals surface area contributed by atoms with Gasteiger partial charge in [-0.1, -0.05) is 48.0 Å². The van der Waals surface area contributed by atoms with Gasteiger partial charge in [-0.3, -0.25) is 4.79 Å². The van der Waals surface area contributed by atoms with Gasteiger partial charge in [0.05, 0.1) is 6.42 Å². The lowest BCUT2D eigenvalue weighted by Crippen LogP contribution is -2.24. The lowest BCUT2D eigenvalue weighted by Gasteiger charge is -2.07. The van der Waals surface area contributed by atoms with E-state index in [1.54, 1.807) is 0 Å². The standard InChI is InChI=1S/C26H23N3O4S/c1-17-2-4-18(5-3-17)13-24-28-26(34-29-24)33-21-9-6-19(7-10-21)14-25(30)27-15-20-8-11-22-23(12-20)32-16-31-22/h2-12H,13-16H2,1H3,(H,27,30). The largest absolute Gasteiger partial charge is 0.454 e. The third-order valence-corrected chi connectivity index (χ3v) is 5.98. The van der Waals surface area contributed by atoms with E-state index >= 15 is 0 Å². The minimum absolute atomic E-state index is 0.0591. The summed E-state index contributed by atoms with van der Waals surface area (Å²) in [5, 5.41) is 3.43. The Morgan fingerprint density at radius 3 is 2.53 bits per heavy atom. The second-order valence-electron chi connectivity index (χ2n) is 8.03. The molecule has 2 heterocycles. The van der Waals surface area contributed by atoms with E-state index < -0.39 is 0 Å². The molecule has 0 radical (unpaired) electrons. The van der Waals surface area contributed by atoms with Crippen molar-refractivity contribution in [2.75, 3.05) is 6.79 Å². The van der Waals surface area contributed by atoms with Crippen LogP contribution in [0, 0.1) is 6.92 Å². The lowest BCUT2D eigenvalue weighted by atomic mass is 10.1. The molecule has 172 valence electrons. The molecule has 1 amide bonds. The number of rotatable bonds is 8. The van der Waals surface area contributed by atoms with Gasteiger partial charge in [0.1, 0.15) is 5.75 Å². The second kappa shape index (κ2) is 9.93. The monoisotopic (exact) mass is 473 g/mol. The van der Waals surface area contributed by atoms with Crippen LogP contribution < -0.4 is 19.5 Å². The minimum Gasteiger partial charge on any atom is -0.454 e. The zero-order chi connectivity index (χ0) is 23.3. The van der Waals surface area contributed by atoms with Crippen LogP contribution in [0.25, 0.3) is 0 Å². The molecule has 0 aliphatic carbocycles. The summed E-state index contributed by atoms with van der Waals surface area (Å²) in [6.07, 6.45) is 0.949. The molecule has 0 atom stereocenters. The smallest absolute Gasteiger partial charge is 0.298 e. The van der Waals surface area contributed by atoms with Crippen molar-refractivity contribution in [2.45, 2.75) is 26.3 Å². The van der Waals surface area contributed by atoms with Crippen LogP contribution in [0.3, 0.4) is 0 Å². The highest BCUT2D eigenvalue weighted by Crippen LogP contribution is 2.32. The Kier molecular flexibility index (Phi) is 6.40. The van der Waals surface area contributed by atoms with E-state index in [-0.39, 0.29) is 19.1 Å². The third-order valence-electron chi connectivity index (χ3n) is 5.35. The lowest BCUT2D eigenvalue weighted by molar-refractivity contribution is -0.120. The maximum atomic E-state index is 12.4. The Hall–Kier alpha value is -3.91. The minimum atomic E-state index is -0.0591. The van der Waals surface area contributed by atoms with Crippen molar-refractivity contribution in [3.05, 3.63) is 94.8 Å². The molecular weight excluding hydrogens is 450 g/mol. The van der Waals surface area contributed by atoms with E-state index in [2.05, 4.69) is 45.9 Å². The number of nitrogens with one attached hydrogen (secondary N) is 1. The maximum absolute atomic E-state index is 12.4. The van der Waals surface area contributed by atoms with Gasteiger partial charge >= 0.3 is 0 Å². The van der Waals surface area contributed by atoms with Crippen molar-refractivity contribution in [3.8, 4) is 22.4 Å². The Balaban J connectivity index is 1.11. The van der Waals surface area contributed by atoms with Crippen LogP contribution in [0.15, 0.2) is 66.7 Å². The molecule has 3 aromatic carbocycles. The molecule has 1 aliphatic rings. The fourth-order valence-electron chi connectivity index (χ4n) is 3.52. The average Bonchev–Trinajstić information content (AvgIpc) is 3.49. The molecular formula is C26H23N3O4S. The third kappa shape index (κ3) is 5.52. The number of hydrogen-bond acceptors (Lipinski definition) is 7. The fraction of sp³-hybridized carbons (Fsp3) is 0.192. The normalized spacial score (nSPS) is 11.9. The van der Waals surface area contributed by atoms with Crippen molar-refractivity contribution >= 4 is 17.4 Å². The Labute approximate surface area is 201 Å². The van der Waals surface area contributed by atoms with Crippen molar-refractivity contribution < 1.29 is 19.0 Å². The van der Waals surface area contributed by atoms with E-state index in [0.717, 1.165) is 28.3 Å². The van der Waals surface area contributed by atoms with Crippen LogP contribution in [0.5, 0.6) is 22.4 Å². The number of aromatic nitrogens is 2. The predicted octanol–water partition coefficient (Wildman–Crippen LogP) is 4.82. The van der Waals surface area contributed by atoms with E-state index in [1.807, 2.05) is 42.5 Å². The summed E-state index contributed by atoms with van der Waals surface area (Å²) in [4.78, 5) is 16.8. The first-order valence-electron chi connectivity index (χ1n) is 10.9. The Morgan fingerprint density at radius 1 is 0.971 bits per heavy atom. The molecule has 34 heavy (non-hydrogen) atoms. The predicted molar refractivity (Wildman–Crippen MR) is 129 cm³/mol. The number of nitrogens with zero attached hydrogens (tertiary/aromatic N) is 2. The summed E-state index contributed by atoms with van der Waals surface area (Å²) in [7, 11) is 0. The number of fused-ring (bicyclic) bond motifs is 1. The summed E-state index contributed by atoms with van der Waals surface area (Å²) in [5.41, 5.74) is 4.24. The molecule has 1 N–H and O–H groups in total. The number of benzene rings is 3. The molecule has 5 rings (SSSR count). The second-order valence-corrected chi connectivity index (χ2v) is 8.74. The Bertz CT molecular complexity index is 1290. The summed E-state index contributed by atoms with van der Waals surface area (Å²) in [5.74, 6) is 2.77. The van der Waals surface area contributed by atoms with Gasteiger partial charge in [0.15, 0.2) is 17.3 Å². The van der Waals surface area contributed by atoms with E-state index in [1.165, 1.54) is 17.1 Å². The fourth-order valence-corrected chi connectivity index (χ4v) is 4.08. The van der Waals surface area contributed by atoms with Gasteiger partial charge in [0, 0.05) is 24.5 Å². The SMILES string of the molecule is Cc1ccc(Cc2nsc(Oc3ccc(CC(=O)NCc4ccc5c(c4)OCO5)cc3)n2)cc1. The summed E-state index contributed by atoms with van der Waals surface area (Å²) in [6.45, 7) is 2.73. The molecule has 8 heteroatoms. The average molecular weight is 474 g/mol. The van der Waals surface area contributed by atoms with Crippen LogP contribution in [0.4, 0.5) is 0 Å². The van der Waals surface area contributed by atoms with Crippen molar-refractivity contribution in [3.63, 3.8) is 0 Å².